The van der Waals surface area contributed by atoms with Gasteiger partial charge in [-0.1, -0.05) is 12.8 Å². The van der Waals surface area contributed by atoms with Gasteiger partial charge in [-0.3, -0.25) is 4.79 Å². The third-order valence-corrected chi connectivity index (χ3v) is 7.03. The monoisotopic (exact) mass is 435 g/mol. The van der Waals surface area contributed by atoms with Crippen molar-refractivity contribution in [2.75, 3.05) is 5.32 Å². The summed E-state index contributed by atoms with van der Waals surface area (Å²) in [6, 6.07) is 10.1. The van der Waals surface area contributed by atoms with Crippen LogP contribution in [0.3, 0.4) is 0 Å². The van der Waals surface area contributed by atoms with Gasteiger partial charge < -0.3 is 5.32 Å². The fourth-order valence-electron chi connectivity index (χ4n) is 4.11. The predicted molar refractivity (Wildman–Crippen MR) is 125 cm³/mol. The van der Waals surface area contributed by atoms with E-state index in [1.165, 1.54) is 30.6 Å². The number of anilines is 1. The molecular formula is C24H29N5OS. The molecule has 0 bridgehead atoms. The quantitative estimate of drug-likeness (QED) is 0.582. The van der Waals surface area contributed by atoms with Crippen LogP contribution in [0.2, 0.25) is 0 Å². The lowest BCUT2D eigenvalue weighted by molar-refractivity contribution is -0.115. The van der Waals surface area contributed by atoms with Gasteiger partial charge in [-0.15, -0.1) is 11.8 Å². The Labute approximate surface area is 187 Å². The van der Waals surface area contributed by atoms with Gasteiger partial charge in [0.05, 0.1) is 12.1 Å². The number of amides is 1. The molecule has 2 aromatic heterocycles. The predicted octanol–water partition coefficient (Wildman–Crippen LogP) is 5.11. The molecule has 1 aromatic carbocycles. The second kappa shape index (κ2) is 9.22. The fourth-order valence-corrected chi connectivity index (χ4v) is 5.36. The second-order valence-corrected chi connectivity index (χ2v) is 9.66. The zero-order valence-corrected chi connectivity index (χ0v) is 19.4. The van der Waals surface area contributed by atoms with E-state index < -0.39 is 0 Å². The highest BCUT2D eigenvalue weighted by atomic mass is 32.2. The van der Waals surface area contributed by atoms with E-state index in [1.54, 1.807) is 4.68 Å². The third kappa shape index (κ3) is 5.15. The number of aryl methyl sites for hydroxylation is 3. The van der Waals surface area contributed by atoms with Crippen LogP contribution in [-0.4, -0.2) is 30.9 Å². The number of benzene rings is 1. The molecule has 1 saturated carbocycles. The Hall–Kier alpha value is -2.67. The van der Waals surface area contributed by atoms with Crippen LogP contribution in [0.25, 0.3) is 5.95 Å². The molecule has 162 valence electrons. The van der Waals surface area contributed by atoms with Crippen molar-refractivity contribution in [1.29, 1.82) is 0 Å². The standard InChI is InChI=1S/C24H29N5OS/c1-15-13-16(2)26-24(25-15)29-18(4)22(17(3)28-29)14-23(30)27-19-9-11-21(12-10-19)31-20-7-5-6-8-20/h9-13,20H,5-8,14H2,1-4H3,(H,27,30). The molecule has 3 aromatic rings. The van der Waals surface area contributed by atoms with Crippen molar-refractivity contribution < 1.29 is 4.79 Å². The molecule has 0 aliphatic heterocycles. The Bertz CT molecular complexity index is 1060. The SMILES string of the molecule is Cc1cc(C)nc(-n2nc(C)c(CC(=O)Nc3ccc(SC4CCCC4)cc3)c2C)n1. The highest BCUT2D eigenvalue weighted by Gasteiger charge is 2.18. The van der Waals surface area contributed by atoms with Crippen molar-refractivity contribution in [1.82, 2.24) is 19.7 Å². The molecule has 2 heterocycles. The van der Waals surface area contributed by atoms with Crippen LogP contribution in [0.4, 0.5) is 5.69 Å². The Morgan fingerprint density at radius 1 is 1.06 bits per heavy atom. The molecule has 1 fully saturated rings. The summed E-state index contributed by atoms with van der Waals surface area (Å²) < 4.78 is 1.73. The number of nitrogens with zero attached hydrogens (tertiary/aromatic N) is 4. The van der Waals surface area contributed by atoms with Crippen molar-refractivity contribution in [3.8, 4) is 5.95 Å². The van der Waals surface area contributed by atoms with Crippen molar-refractivity contribution in [3.63, 3.8) is 0 Å². The Balaban J connectivity index is 1.43. The molecule has 1 aliphatic carbocycles. The number of carbonyl (C=O) groups is 1. The first-order valence-corrected chi connectivity index (χ1v) is 11.7. The zero-order chi connectivity index (χ0) is 22.0. The van der Waals surface area contributed by atoms with Gasteiger partial charge >= 0.3 is 0 Å². The van der Waals surface area contributed by atoms with E-state index in [1.807, 2.05) is 57.7 Å². The van der Waals surface area contributed by atoms with Crippen molar-refractivity contribution in [2.45, 2.75) is 69.9 Å². The van der Waals surface area contributed by atoms with E-state index in [0.29, 0.717) is 5.95 Å². The van der Waals surface area contributed by atoms with Gasteiger partial charge in [0, 0.05) is 38.5 Å². The number of hydrogen-bond acceptors (Lipinski definition) is 5. The molecule has 0 radical (unpaired) electrons. The number of rotatable bonds is 6. The molecule has 1 aliphatic rings. The smallest absolute Gasteiger partial charge is 0.251 e. The Morgan fingerprint density at radius 2 is 1.71 bits per heavy atom. The molecule has 31 heavy (non-hydrogen) atoms. The maximum Gasteiger partial charge on any atom is 0.251 e. The zero-order valence-electron chi connectivity index (χ0n) is 18.6. The lowest BCUT2D eigenvalue weighted by atomic mass is 10.1. The number of aromatic nitrogens is 4. The minimum Gasteiger partial charge on any atom is -0.326 e. The molecule has 1 amide bonds. The maximum absolute atomic E-state index is 12.7. The van der Waals surface area contributed by atoms with Gasteiger partial charge in [-0.05, 0) is 70.9 Å². The number of hydrogen-bond donors (Lipinski definition) is 1. The van der Waals surface area contributed by atoms with E-state index >= 15 is 0 Å². The number of carbonyl (C=O) groups excluding carboxylic acids is 1. The Kier molecular flexibility index (Phi) is 6.41. The summed E-state index contributed by atoms with van der Waals surface area (Å²) in [5, 5.41) is 8.35. The van der Waals surface area contributed by atoms with Gasteiger partial charge in [0.15, 0.2) is 0 Å². The average molecular weight is 436 g/mol. The molecule has 0 saturated heterocycles. The number of thioether (sulfide) groups is 1. The van der Waals surface area contributed by atoms with Gasteiger partial charge in [0.2, 0.25) is 5.91 Å². The number of nitrogens with one attached hydrogen (secondary N) is 1. The van der Waals surface area contributed by atoms with Crippen LogP contribution < -0.4 is 5.32 Å². The molecule has 0 atom stereocenters. The summed E-state index contributed by atoms with van der Waals surface area (Å²) in [4.78, 5) is 23.0. The summed E-state index contributed by atoms with van der Waals surface area (Å²) in [5.41, 5.74) is 5.22. The topological polar surface area (TPSA) is 72.7 Å². The summed E-state index contributed by atoms with van der Waals surface area (Å²) in [6.07, 6.45) is 5.57. The average Bonchev–Trinajstić information content (AvgIpc) is 3.32. The Morgan fingerprint density at radius 3 is 2.35 bits per heavy atom. The van der Waals surface area contributed by atoms with Crippen molar-refractivity contribution in [2.24, 2.45) is 0 Å². The minimum absolute atomic E-state index is 0.0525. The van der Waals surface area contributed by atoms with E-state index in [0.717, 1.165) is 39.3 Å². The first kappa shape index (κ1) is 21.6. The molecule has 4 rings (SSSR count). The first-order valence-electron chi connectivity index (χ1n) is 10.8. The molecular weight excluding hydrogens is 406 g/mol. The van der Waals surface area contributed by atoms with Gasteiger partial charge in [-0.2, -0.15) is 5.10 Å². The lowest BCUT2D eigenvalue weighted by Crippen LogP contribution is -2.15. The molecule has 0 spiro atoms. The summed E-state index contributed by atoms with van der Waals surface area (Å²) in [6.45, 7) is 7.76. The van der Waals surface area contributed by atoms with Crippen molar-refractivity contribution >= 4 is 23.4 Å². The van der Waals surface area contributed by atoms with Gasteiger partial charge in [0.1, 0.15) is 0 Å². The fraction of sp³-hybridized carbons (Fsp3) is 0.417. The second-order valence-electron chi connectivity index (χ2n) is 8.29. The van der Waals surface area contributed by atoms with Crippen LogP contribution in [0, 0.1) is 27.7 Å². The van der Waals surface area contributed by atoms with E-state index in [2.05, 4.69) is 32.5 Å². The normalized spacial score (nSPS) is 14.2. The van der Waals surface area contributed by atoms with Crippen LogP contribution in [-0.2, 0) is 11.2 Å². The van der Waals surface area contributed by atoms with Crippen molar-refractivity contribution in [3.05, 3.63) is 58.7 Å². The van der Waals surface area contributed by atoms with Crippen LogP contribution >= 0.6 is 11.8 Å². The van der Waals surface area contributed by atoms with Gasteiger partial charge in [-0.25, -0.2) is 14.6 Å². The summed E-state index contributed by atoms with van der Waals surface area (Å²) >= 11 is 1.95. The van der Waals surface area contributed by atoms with Gasteiger partial charge in [0.25, 0.3) is 5.95 Å². The highest BCUT2D eigenvalue weighted by molar-refractivity contribution is 8.00. The lowest BCUT2D eigenvalue weighted by Gasteiger charge is -2.10. The van der Waals surface area contributed by atoms with E-state index in [9.17, 15) is 4.79 Å². The van der Waals surface area contributed by atoms with Crippen LogP contribution in [0.1, 0.15) is 54.0 Å². The third-order valence-electron chi connectivity index (χ3n) is 5.68. The van der Waals surface area contributed by atoms with Crippen LogP contribution in [0.5, 0.6) is 0 Å². The molecule has 6 nitrogen and oxygen atoms in total. The highest BCUT2D eigenvalue weighted by Crippen LogP contribution is 2.35. The minimum atomic E-state index is -0.0525. The van der Waals surface area contributed by atoms with E-state index in [-0.39, 0.29) is 12.3 Å². The maximum atomic E-state index is 12.7. The summed E-state index contributed by atoms with van der Waals surface area (Å²) in [7, 11) is 0. The molecule has 1 N–H and O–H groups in total. The molecule has 0 unspecified atom stereocenters. The van der Waals surface area contributed by atoms with E-state index in [4.69, 9.17) is 0 Å². The first-order chi connectivity index (χ1) is 14.9. The largest absolute Gasteiger partial charge is 0.326 e. The van der Waals surface area contributed by atoms with Crippen LogP contribution in [0.15, 0.2) is 35.2 Å². The molecule has 7 heteroatoms. The summed E-state index contributed by atoms with van der Waals surface area (Å²) in [5.74, 6) is 0.489.